The number of nitriles is 2. The normalized spacial score (nSPS) is 31.8. The van der Waals surface area contributed by atoms with E-state index in [1.54, 1.807) is 6.20 Å². The van der Waals surface area contributed by atoms with Gasteiger partial charge in [0, 0.05) is 53.9 Å². The Morgan fingerprint density at radius 1 is 0.815 bits per heavy atom. The van der Waals surface area contributed by atoms with Gasteiger partial charge in [0.1, 0.15) is 22.3 Å². The first-order valence-corrected chi connectivity index (χ1v) is 20.0. The summed E-state index contributed by atoms with van der Waals surface area (Å²) in [5.74, 6) is 0.331. The molecule has 8 aliphatic rings. The lowest BCUT2D eigenvalue weighted by molar-refractivity contribution is -0.168. The molecule has 17 heteroatoms. The minimum atomic E-state index is -3.31. The van der Waals surface area contributed by atoms with Crippen molar-refractivity contribution >= 4 is 66.6 Å². The van der Waals surface area contributed by atoms with Crippen molar-refractivity contribution in [2.75, 3.05) is 31.9 Å². The van der Waals surface area contributed by atoms with Crippen LogP contribution in [0.3, 0.4) is 0 Å². The van der Waals surface area contributed by atoms with E-state index in [1.165, 1.54) is 9.82 Å². The summed E-state index contributed by atoms with van der Waals surface area (Å²) in [6.45, 7) is 2.76. The lowest BCUT2D eigenvalue weighted by Crippen LogP contribution is -2.76. The van der Waals surface area contributed by atoms with Gasteiger partial charge < -0.3 is 30.2 Å². The summed E-state index contributed by atoms with van der Waals surface area (Å²) in [6.07, 6.45) is 18.8. The SMILES string of the molecule is Cl.N#CC1CCN(S(=O)(=O)CC23CC(n4cnc5cnc6[nH]ccc6c54)(C2)C3)C1.N#CC1CCNC1.NC12CC(n3cnc4cnc5[nH]ccc5c43)(C1)C2. The monoisotopic (exact) mass is 767 g/mol. The fraction of sp³-hybridized carbons (Fsp3) is 0.514. The van der Waals surface area contributed by atoms with Crippen molar-refractivity contribution in [3.8, 4) is 12.1 Å². The van der Waals surface area contributed by atoms with Gasteiger partial charge in [0.15, 0.2) is 0 Å². The van der Waals surface area contributed by atoms with Gasteiger partial charge >= 0.3 is 0 Å². The van der Waals surface area contributed by atoms with Gasteiger partial charge in [-0.3, -0.25) is 0 Å². The first-order chi connectivity index (χ1) is 25.6. The third kappa shape index (κ3) is 5.26. The molecule has 0 amide bonds. The van der Waals surface area contributed by atoms with Crippen LogP contribution >= 0.6 is 12.4 Å². The van der Waals surface area contributed by atoms with Gasteiger partial charge in [0.25, 0.3) is 0 Å². The average Bonchev–Trinajstić information content (AvgIpc) is 3.95. The Bertz CT molecular complexity index is 2580. The molecule has 8 heterocycles. The zero-order valence-corrected chi connectivity index (χ0v) is 31.3. The van der Waals surface area contributed by atoms with Crippen LogP contribution in [0.2, 0.25) is 0 Å². The number of nitrogens with one attached hydrogen (secondary N) is 3. The molecule has 2 atom stereocenters. The Morgan fingerprint density at radius 2 is 1.37 bits per heavy atom. The number of fused-ring (bicyclic) bond motifs is 6. The predicted octanol–water partition coefficient (Wildman–Crippen LogP) is 4.01. The summed E-state index contributed by atoms with van der Waals surface area (Å²) in [4.78, 5) is 24.1. The van der Waals surface area contributed by atoms with Crippen molar-refractivity contribution in [2.24, 2.45) is 23.0 Å². The number of aromatic amines is 2. The highest BCUT2D eigenvalue weighted by molar-refractivity contribution is 7.89. The number of imidazole rings is 2. The summed E-state index contributed by atoms with van der Waals surface area (Å²) in [5, 5.41) is 22.6. The smallest absolute Gasteiger partial charge is 0.214 e. The second kappa shape index (κ2) is 12.2. The molecular weight excluding hydrogens is 726 g/mol. The number of sulfonamides is 1. The van der Waals surface area contributed by atoms with Gasteiger partial charge in [-0.05, 0) is 75.5 Å². The molecule has 0 spiro atoms. The highest BCUT2D eigenvalue weighted by Crippen LogP contribution is 2.72. The topological polar surface area (TPSA) is 216 Å². The summed E-state index contributed by atoms with van der Waals surface area (Å²) < 4.78 is 31.8. The van der Waals surface area contributed by atoms with Crippen LogP contribution in [-0.4, -0.2) is 89.2 Å². The van der Waals surface area contributed by atoms with Crippen LogP contribution in [0, 0.1) is 39.9 Å². The molecule has 6 aromatic heterocycles. The minimum Gasteiger partial charge on any atom is -0.346 e. The van der Waals surface area contributed by atoms with Crippen LogP contribution in [-0.2, 0) is 21.1 Å². The third-order valence-electron chi connectivity index (χ3n) is 12.8. The van der Waals surface area contributed by atoms with E-state index >= 15 is 0 Å². The molecule has 15 nitrogen and oxygen atoms in total. The molecule has 2 saturated heterocycles. The summed E-state index contributed by atoms with van der Waals surface area (Å²) in [5.41, 5.74) is 12.3. The molecule has 8 fully saturated rings. The number of nitrogens with two attached hydrogens (primary N) is 1. The van der Waals surface area contributed by atoms with Crippen molar-refractivity contribution in [2.45, 2.75) is 68.0 Å². The largest absolute Gasteiger partial charge is 0.346 e. The molecule has 6 saturated carbocycles. The maximum atomic E-state index is 12.9. The Morgan fingerprint density at radius 3 is 1.83 bits per heavy atom. The van der Waals surface area contributed by atoms with E-state index in [4.69, 9.17) is 16.3 Å². The maximum absolute atomic E-state index is 12.9. The van der Waals surface area contributed by atoms with E-state index in [0.29, 0.717) is 25.4 Å². The zero-order valence-electron chi connectivity index (χ0n) is 29.7. The van der Waals surface area contributed by atoms with Crippen LogP contribution < -0.4 is 11.1 Å². The molecule has 2 unspecified atom stereocenters. The van der Waals surface area contributed by atoms with Crippen LogP contribution in [0.5, 0.6) is 0 Å². The van der Waals surface area contributed by atoms with Crippen LogP contribution in [0.1, 0.15) is 51.4 Å². The number of hydrogen-bond donors (Lipinski definition) is 4. The van der Waals surface area contributed by atoms with Crippen LogP contribution in [0.4, 0.5) is 0 Å². The van der Waals surface area contributed by atoms with Gasteiger partial charge in [-0.15, -0.1) is 12.4 Å². The molecule has 6 aliphatic carbocycles. The molecular formula is C37H42ClN13O2S. The number of halogens is 1. The Kier molecular flexibility index (Phi) is 7.95. The number of rotatable bonds is 5. The molecule has 2 aliphatic heterocycles. The number of pyridine rings is 2. The number of nitrogens with zero attached hydrogens (tertiary/aromatic N) is 9. The zero-order chi connectivity index (χ0) is 36.2. The average molecular weight is 768 g/mol. The highest BCUT2D eigenvalue weighted by atomic mass is 35.5. The van der Waals surface area contributed by atoms with Crippen LogP contribution in [0.25, 0.3) is 44.1 Å². The van der Waals surface area contributed by atoms with Crippen molar-refractivity contribution in [1.82, 2.24) is 48.7 Å². The van der Waals surface area contributed by atoms with Gasteiger partial charge in [-0.25, -0.2) is 32.7 Å². The quantitative estimate of drug-likeness (QED) is 0.198. The number of hydrogen-bond acceptors (Lipinski definition) is 10. The molecule has 4 bridgehead atoms. The van der Waals surface area contributed by atoms with Crippen molar-refractivity contribution in [1.29, 1.82) is 10.5 Å². The first kappa shape index (κ1) is 35.1. The second-order valence-corrected chi connectivity index (χ2v) is 18.6. The van der Waals surface area contributed by atoms with E-state index in [1.807, 2.05) is 37.3 Å². The molecule has 0 aromatic carbocycles. The fourth-order valence-electron chi connectivity index (χ4n) is 10.5. The molecule has 5 N–H and O–H groups in total. The third-order valence-corrected chi connectivity index (χ3v) is 14.9. The number of aromatic nitrogens is 8. The molecule has 14 rings (SSSR count). The standard InChI is InChI=1S/C19H20N6O2S.C13H13N5.C5H8N2.ClH/c20-5-13-2-4-24(7-13)28(26,27)11-18-8-19(9-18,10-18)25-12-23-15-6-22-17-14(16(15)25)1-3-21-17;14-12-4-13(5-12,6-12)18-7-17-9-3-16-11-8(10(9)18)1-2-15-11;6-3-5-1-2-7-4-5;/h1,3,6,12-13H,2,4,7-11H2,(H,21,22);1-3,7H,4-6,14H2,(H,15,16);5,7H,1-2,4H2;1H. The predicted molar refractivity (Wildman–Crippen MR) is 205 cm³/mol. The summed E-state index contributed by atoms with van der Waals surface area (Å²) in [7, 11) is -3.31. The maximum Gasteiger partial charge on any atom is 0.214 e. The van der Waals surface area contributed by atoms with Crippen LogP contribution in [0.15, 0.2) is 49.6 Å². The lowest BCUT2D eigenvalue weighted by Gasteiger charge is -2.71. The van der Waals surface area contributed by atoms with E-state index < -0.39 is 10.0 Å². The van der Waals surface area contributed by atoms with Crippen molar-refractivity contribution < 1.29 is 8.42 Å². The van der Waals surface area contributed by atoms with Gasteiger partial charge in [-0.1, -0.05) is 0 Å². The molecule has 280 valence electrons. The summed E-state index contributed by atoms with van der Waals surface area (Å²) in [6, 6.07) is 8.50. The molecule has 6 aromatic rings. The van der Waals surface area contributed by atoms with Gasteiger partial charge in [-0.2, -0.15) is 10.5 Å². The molecule has 0 radical (unpaired) electrons. The summed E-state index contributed by atoms with van der Waals surface area (Å²) >= 11 is 0. The van der Waals surface area contributed by atoms with E-state index in [-0.39, 0.29) is 46.1 Å². The Balaban J connectivity index is 0.000000126. The highest BCUT2D eigenvalue weighted by Gasteiger charge is 2.70. The number of H-pyrrole nitrogens is 2. The second-order valence-electron chi connectivity index (χ2n) is 16.6. The van der Waals surface area contributed by atoms with E-state index in [9.17, 15) is 8.42 Å². The fourth-order valence-corrected chi connectivity index (χ4v) is 12.5. The van der Waals surface area contributed by atoms with Crippen molar-refractivity contribution in [3.05, 3.63) is 49.6 Å². The van der Waals surface area contributed by atoms with Crippen molar-refractivity contribution in [3.63, 3.8) is 0 Å². The molecule has 54 heavy (non-hydrogen) atoms. The first-order valence-electron chi connectivity index (χ1n) is 18.4. The van der Waals surface area contributed by atoms with Gasteiger partial charge in [0.2, 0.25) is 10.0 Å². The Hall–Kier alpha value is -4.58. The Labute approximate surface area is 317 Å². The van der Waals surface area contributed by atoms with E-state index in [0.717, 1.165) is 96.7 Å². The lowest BCUT2D eigenvalue weighted by atomic mass is 9.40. The van der Waals surface area contributed by atoms with Gasteiger partial charge in [0.05, 0.1) is 71.3 Å². The minimum absolute atomic E-state index is 0. The van der Waals surface area contributed by atoms with E-state index in [2.05, 4.69) is 62.6 Å².